The summed E-state index contributed by atoms with van der Waals surface area (Å²) in [5, 5.41) is 30.8. The molecule has 3 N–H and O–H groups in total. The molecule has 9 heteroatoms. The molecular weight excluding hydrogens is 624 g/mol. The number of carbonyl (C=O) groups excluding carboxylic acids is 2. The normalized spacial score (nSPS) is 21.5. The van der Waals surface area contributed by atoms with E-state index in [9.17, 15) is 24.9 Å². The van der Waals surface area contributed by atoms with E-state index < -0.39 is 36.8 Å². The third-order valence-electron chi connectivity index (χ3n) is 9.71. The summed E-state index contributed by atoms with van der Waals surface area (Å²) < 4.78 is 22.5. The first kappa shape index (κ1) is 45.8. The minimum Gasteiger partial charge on any atom is -0.462 e. The molecule has 0 aromatic rings. The molecule has 0 bridgehead atoms. The van der Waals surface area contributed by atoms with Crippen LogP contribution in [0.1, 0.15) is 194 Å². The first-order chi connectivity index (χ1) is 23.8. The zero-order chi connectivity index (χ0) is 36.0. The van der Waals surface area contributed by atoms with Crippen molar-refractivity contribution in [2.75, 3.05) is 13.2 Å². The summed E-state index contributed by atoms with van der Waals surface area (Å²) in [6, 6.07) is 0. The van der Waals surface area contributed by atoms with E-state index in [4.69, 9.17) is 18.9 Å². The molecule has 0 radical (unpaired) electrons. The van der Waals surface area contributed by atoms with Gasteiger partial charge in [0, 0.05) is 12.8 Å². The van der Waals surface area contributed by atoms with Crippen LogP contribution >= 0.6 is 0 Å². The van der Waals surface area contributed by atoms with E-state index in [2.05, 4.69) is 13.8 Å². The SMILES string of the molecule is CCCCCCCCCCCCCCCC(=O)OCC(COC1OC(CC)C(O)C(O)C1O)OC(=O)CCCCCCCCCCCCC. The number of aliphatic hydroxyl groups excluding tert-OH is 3. The Balaban J connectivity index is 2.37. The number of aliphatic hydroxyl groups is 3. The van der Waals surface area contributed by atoms with Gasteiger partial charge in [0.15, 0.2) is 12.4 Å². The monoisotopic (exact) mass is 701 g/mol. The van der Waals surface area contributed by atoms with Gasteiger partial charge in [-0.15, -0.1) is 0 Å². The Morgan fingerprint density at radius 1 is 0.531 bits per heavy atom. The van der Waals surface area contributed by atoms with Gasteiger partial charge in [0.2, 0.25) is 0 Å². The lowest BCUT2D eigenvalue weighted by molar-refractivity contribution is -0.301. The predicted octanol–water partition coefficient (Wildman–Crippen LogP) is 8.86. The summed E-state index contributed by atoms with van der Waals surface area (Å²) in [7, 11) is 0. The smallest absolute Gasteiger partial charge is 0.306 e. The van der Waals surface area contributed by atoms with Crippen LogP contribution in [0.15, 0.2) is 0 Å². The van der Waals surface area contributed by atoms with E-state index in [0.29, 0.717) is 12.8 Å². The number of hydrogen-bond acceptors (Lipinski definition) is 9. The van der Waals surface area contributed by atoms with E-state index in [-0.39, 0.29) is 31.6 Å². The van der Waals surface area contributed by atoms with Crippen molar-refractivity contribution in [3.05, 3.63) is 0 Å². The van der Waals surface area contributed by atoms with Crippen molar-refractivity contribution in [1.82, 2.24) is 0 Å². The second-order valence-electron chi connectivity index (χ2n) is 14.3. The largest absolute Gasteiger partial charge is 0.462 e. The molecule has 1 rings (SSSR count). The summed E-state index contributed by atoms with van der Waals surface area (Å²) in [4.78, 5) is 25.2. The molecule has 6 unspecified atom stereocenters. The van der Waals surface area contributed by atoms with E-state index in [1.807, 2.05) is 0 Å². The van der Waals surface area contributed by atoms with Crippen LogP contribution in [0.4, 0.5) is 0 Å². The van der Waals surface area contributed by atoms with Crippen molar-refractivity contribution in [3.8, 4) is 0 Å². The average molecular weight is 701 g/mol. The third-order valence-corrected chi connectivity index (χ3v) is 9.71. The van der Waals surface area contributed by atoms with Gasteiger partial charge in [0.05, 0.1) is 12.7 Å². The molecule has 0 aromatic heterocycles. The topological polar surface area (TPSA) is 132 Å². The lowest BCUT2D eigenvalue weighted by Crippen LogP contribution is -2.58. The Morgan fingerprint density at radius 2 is 0.939 bits per heavy atom. The van der Waals surface area contributed by atoms with Gasteiger partial charge in [0.1, 0.15) is 24.9 Å². The van der Waals surface area contributed by atoms with Gasteiger partial charge >= 0.3 is 11.9 Å². The van der Waals surface area contributed by atoms with Gasteiger partial charge in [-0.25, -0.2) is 0 Å². The second kappa shape index (κ2) is 31.5. The van der Waals surface area contributed by atoms with Crippen LogP contribution in [0.5, 0.6) is 0 Å². The molecule has 0 aliphatic carbocycles. The molecule has 1 aliphatic heterocycles. The molecule has 1 aliphatic rings. The van der Waals surface area contributed by atoms with Gasteiger partial charge in [-0.1, -0.05) is 162 Å². The lowest BCUT2D eigenvalue weighted by Gasteiger charge is -2.40. The van der Waals surface area contributed by atoms with Gasteiger partial charge in [-0.2, -0.15) is 0 Å². The van der Waals surface area contributed by atoms with Crippen molar-refractivity contribution < 1.29 is 43.9 Å². The predicted molar refractivity (Wildman–Crippen MR) is 195 cm³/mol. The molecule has 1 saturated heterocycles. The van der Waals surface area contributed by atoms with Crippen LogP contribution < -0.4 is 0 Å². The summed E-state index contributed by atoms with van der Waals surface area (Å²) in [5.74, 6) is -0.725. The summed E-state index contributed by atoms with van der Waals surface area (Å²) in [5.41, 5.74) is 0. The van der Waals surface area contributed by atoms with Crippen LogP contribution in [-0.4, -0.2) is 77.3 Å². The number of carbonyl (C=O) groups is 2. The molecule has 0 spiro atoms. The highest BCUT2D eigenvalue weighted by Gasteiger charge is 2.43. The molecule has 1 heterocycles. The third kappa shape index (κ3) is 23.8. The molecule has 9 nitrogen and oxygen atoms in total. The van der Waals surface area contributed by atoms with E-state index in [1.165, 1.54) is 116 Å². The molecule has 6 atom stereocenters. The van der Waals surface area contributed by atoms with Crippen molar-refractivity contribution >= 4 is 11.9 Å². The Kier molecular flexibility index (Phi) is 29.4. The van der Waals surface area contributed by atoms with Crippen LogP contribution in [0, 0.1) is 0 Å². The van der Waals surface area contributed by atoms with E-state index >= 15 is 0 Å². The first-order valence-corrected chi connectivity index (χ1v) is 20.5. The highest BCUT2D eigenvalue weighted by Crippen LogP contribution is 2.24. The van der Waals surface area contributed by atoms with Crippen molar-refractivity contribution in [2.24, 2.45) is 0 Å². The Labute approximate surface area is 299 Å². The average Bonchev–Trinajstić information content (AvgIpc) is 3.10. The van der Waals surface area contributed by atoms with Gasteiger partial charge in [-0.05, 0) is 19.3 Å². The van der Waals surface area contributed by atoms with Gasteiger partial charge in [0.25, 0.3) is 0 Å². The Bertz CT molecular complexity index is 777. The molecule has 0 saturated carbocycles. The van der Waals surface area contributed by atoms with Gasteiger partial charge in [-0.3, -0.25) is 9.59 Å². The first-order valence-electron chi connectivity index (χ1n) is 20.5. The maximum Gasteiger partial charge on any atom is 0.306 e. The fraction of sp³-hybridized carbons (Fsp3) is 0.950. The number of unbranched alkanes of at least 4 members (excludes halogenated alkanes) is 22. The van der Waals surface area contributed by atoms with Crippen LogP contribution in [0.3, 0.4) is 0 Å². The second-order valence-corrected chi connectivity index (χ2v) is 14.3. The zero-order valence-electron chi connectivity index (χ0n) is 31.8. The lowest BCUT2D eigenvalue weighted by atomic mass is 9.97. The molecule has 0 amide bonds. The van der Waals surface area contributed by atoms with Crippen LogP contribution in [0.2, 0.25) is 0 Å². The number of rotatable bonds is 33. The minimum absolute atomic E-state index is 0.160. The highest BCUT2D eigenvalue weighted by molar-refractivity contribution is 5.70. The Hall–Kier alpha value is -1.26. The summed E-state index contributed by atoms with van der Waals surface area (Å²) >= 11 is 0. The molecule has 49 heavy (non-hydrogen) atoms. The standard InChI is InChI=1S/C40H76O9/c1-4-7-9-11-13-15-17-18-20-21-23-25-27-29-35(41)46-31-33(32-47-40-39(45)38(44)37(43)34(6-3)49-40)48-36(42)30-28-26-24-22-19-16-14-12-10-8-5-2/h33-34,37-40,43-45H,4-32H2,1-3H3. The maximum atomic E-state index is 12.7. The molecule has 1 fully saturated rings. The number of ether oxygens (including phenoxy) is 4. The fourth-order valence-corrected chi connectivity index (χ4v) is 6.43. The zero-order valence-corrected chi connectivity index (χ0v) is 31.8. The minimum atomic E-state index is -1.47. The van der Waals surface area contributed by atoms with Crippen molar-refractivity contribution in [1.29, 1.82) is 0 Å². The van der Waals surface area contributed by atoms with E-state index in [1.54, 1.807) is 6.92 Å². The molecular formula is C40H76O9. The van der Waals surface area contributed by atoms with Crippen LogP contribution in [0.25, 0.3) is 0 Å². The highest BCUT2D eigenvalue weighted by atomic mass is 16.7. The maximum absolute atomic E-state index is 12.7. The van der Waals surface area contributed by atoms with Crippen molar-refractivity contribution in [3.63, 3.8) is 0 Å². The quantitative estimate of drug-likeness (QED) is 0.0454. The van der Waals surface area contributed by atoms with Gasteiger partial charge < -0.3 is 34.3 Å². The van der Waals surface area contributed by atoms with Crippen LogP contribution in [-0.2, 0) is 28.5 Å². The molecule has 0 aromatic carbocycles. The Morgan fingerprint density at radius 3 is 1.37 bits per heavy atom. The summed E-state index contributed by atoms with van der Waals surface area (Å²) in [6.45, 7) is 5.94. The summed E-state index contributed by atoms with van der Waals surface area (Å²) in [6.07, 6.45) is 23.1. The number of esters is 2. The fourth-order valence-electron chi connectivity index (χ4n) is 6.43. The van der Waals surface area contributed by atoms with Crippen molar-refractivity contribution in [2.45, 2.75) is 231 Å². The molecule has 290 valence electrons. The number of hydrogen-bond donors (Lipinski definition) is 3. The van der Waals surface area contributed by atoms with E-state index in [0.717, 1.165) is 38.5 Å².